The van der Waals surface area contributed by atoms with Crippen LogP contribution in [0.2, 0.25) is 0 Å². The van der Waals surface area contributed by atoms with E-state index in [1.54, 1.807) is 37.3 Å². The molecule has 0 aliphatic heterocycles. The summed E-state index contributed by atoms with van der Waals surface area (Å²) in [4.78, 5) is 24.7. The molecule has 172 valence electrons. The molecule has 9 heteroatoms. The molecule has 1 saturated carbocycles. The van der Waals surface area contributed by atoms with Crippen LogP contribution in [0, 0.1) is 0 Å². The van der Waals surface area contributed by atoms with Crippen molar-refractivity contribution in [2.75, 3.05) is 6.61 Å². The second-order valence-corrected chi connectivity index (χ2v) is 11.1. The number of benzene rings is 2. The van der Waals surface area contributed by atoms with E-state index in [0.717, 1.165) is 16.9 Å². The Morgan fingerprint density at radius 1 is 1.12 bits per heavy atom. The maximum absolute atomic E-state index is 13.4. The van der Waals surface area contributed by atoms with Gasteiger partial charge in [0.1, 0.15) is 4.21 Å². The van der Waals surface area contributed by atoms with Crippen LogP contribution in [-0.2, 0) is 20.2 Å². The van der Waals surface area contributed by atoms with E-state index in [4.69, 9.17) is 4.74 Å². The zero-order valence-corrected chi connectivity index (χ0v) is 19.7. The Kier molecular flexibility index (Phi) is 6.02. The van der Waals surface area contributed by atoms with E-state index in [9.17, 15) is 23.1 Å². The van der Waals surface area contributed by atoms with E-state index < -0.39 is 33.5 Å². The summed E-state index contributed by atoms with van der Waals surface area (Å²) in [5.74, 6) is -0.463. The predicted octanol–water partition coefficient (Wildman–Crippen LogP) is 4.99. The number of ether oxygens (including phenoxy) is 1. The van der Waals surface area contributed by atoms with E-state index in [0.29, 0.717) is 26.7 Å². The van der Waals surface area contributed by atoms with Crippen LogP contribution in [0.5, 0.6) is 0 Å². The van der Waals surface area contributed by atoms with Gasteiger partial charge in [-0.05, 0) is 48.7 Å². The maximum Gasteiger partial charge on any atom is 0.421 e. The third-order valence-corrected chi connectivity index (χ3v) is 9.23. The Morgan fingerprint density at radius 2 is 1.85 bits per heavy atom. The van der Waals surface area contributed by atoms with Crippen molar-refractivity contribution in [3.05, 3.63) is 77.9 Å². The average Bonchev–Trinajstić information content (AvgIpc) is 3.22. The molecule has 1 aliphatic rings. The third kappa shape index (κ3) is 4.26. The van der Waals surface area contributed by atoms with Gasteiger partial charge in [0.25, 0.3) is 10.0 Å². The highest BCUT2D eigenvalue weighted by atomic mass is 32.2. The summed E-state index contributed by atoms with van der Waals surface area (Å²) in [6.07, 6.45) is -1.08. The predicted molar refractivity (Wildman–Crippen MR) is 125 cm³/mol. The van der Waals surface area contributed by atoms with Crippen molar-refractivity contribution < 1.29 is 27.9 Å². The molecule has 3 aromatic rings. The summed E-state index contributed by atoms with van der Waals surface area (Å²) >= 11 is 0.968. The second kappa shape index (κ2) is 8.64. The number of rotatable bonds is 7. The van der Waals surface area contributed by atoms with Crippen LogP contribution in [-0.4, -0.2) is 42.5 Å². The molecule has 33 heavy (non-hydrogen) atoms. The van der Waals surface area contributed by atoms with Crippen LogP contribution in [0.1, 0.15) is 36.2 Å². The van der Waals surface area contributed by atoms with Gasteiger partial charge in [-0.25, -0.2) is 9.59 Å². The van der Waals surface area contributed by atoms with Crippen LogP contribution in [0.15, 0.2) is 70.9 Å². The summed E-state index contributed by atoms with van der Waals surface area (Å²) in [6.45, 7) is 3.84. The highest BCUT2D eigenvalue weighted by Gasteiger charge is 2.59. The van der Waals surface area contributed by atoms with Crippen LogP contribution in [0.3, 0.4) is 0 Å². The first-order chi connectivity index (χ1) is 15.7. The Bertz CT molecular complexity index is 1300. The van der Waals surface area contributed by atoms with Gasteiger partial charge < -0.3 is 9.84 Å². The van der Waals surface area contributed by atoms with Gasteiger partial charge in [-0.15, -0.1) is 11.3 Å². The molecule has 1 amide bonds. The van der Waals surface area contributed by atoms with Crippen molar-refractivity contribution >= 4 is 33.4 Å². The summed E-state index contributed by atoms with van der Waals surface area (Å²) in [7, 11) is -4.28. The van der Waals surface area contributed by atoms with Crippen LogP contribution >= 0.6 is 11.3 Å². The van der Waals surface area contributed by atoms with Crippen molar-refractivity contribution in [3.8, 4) is 10.4 Å². The fourth-order valence-corrected chi connectivity index (χ4v) is 6.89. The Balaban J connectivity index is 1.64. The fourth-order valence-electron chi connectivity index (χ4n) is 3.94. The molecule has 7 nitrogen and oxygen atoms in total. The number of sulfonamides is 1. The average molecular weight is 486 g/mol. The van der Waals surface area contributed by atoms with Crippen molar-refractivity contribution in [2.45, 2.75) is 35.9 Å². The van der Waals surface area contributed by atoms with Crippen LogP contribution in [0.4, 0.5) is 4.79 Å². The number of carbonyl (C=O) groups excluding carboxylic acids is 1. The van der Waals surface area contributed by atoms with Gasteiger partial charge in [0, 0.05) is 10.3 Å². The molecule has 0 bridgehead atoms. The zero-order valence-electron chi connectivity index (χ0n) is 18.1. The number of carboxylic acid groups (broad SMARTS) is 1. The molecule has 1 aliphatic carbocycles. The van der Waals surface area contributed by atoms with Gasteiger partial charge in [0.15, 0.2) is 0 Å². The van der Waals surface area contributed by atoms with E-state index in [1.807, 2.05) is 37.3 Å². The number of esters is 1. The van der Waals surface area contributed by atoms with Crippen LogP contribution in [0.25, 0.3) is 10.4 Å². The van der Waals surface area contributed by atoms with E-state index in [-0.39, 0.29) is 10.8 Å². The van der Waals surface area contributed by atoms with Gasteiger partial charge in [-0.2, -0.15) is 12.7 Å². The Hall–Kier alpha value is -3.17. The fraction of sp³-hybridized carbons (Fsp3) is 0.250. The third-order valence-electron chi connectivity index (χ3n) is 5.85. The number of nitrogens with zero attached hydrogens (tertiary/aromatic N) is 1. The van der Waals surface area contributed by atoms with Crippen molar-refractivity contribution in [2.24, 2.45) is 0 Å². The minimum atomic E-state index is -4.28. The zero-order chi connectivity index (χ0) is 23.8. The lowest BCUT2D eigenvalue weighted by atomic mass is 9.98. The standard InChI is InChI=1S/C24H23NO6S2/c1-3-31-22(26)17-9-7-8-16(14-17)19-12-13-21(32-19)33(29,30)25(23(27)28)20-15-24(20,2)18-10-5-4-6-11-18/h4-14,20H,3,15H2,1-2H3,(H,27,28)/t20-,24+/m0/s1. The molecule has 2 atom stereocenters. The molecule has 0 radical (unpaired) electrons. The van der Waals surface area contributed by atoms with Gasteiger partial charge in [0.2, 0.25) is 0 Å². The molecule has 0 spiro atoms. The number of hydrogen-bond acceptors (Lipinski definition) is 6. The molecular formula is C24H23NO6S2. The molecule has 0 unspecified atom stereocenters. The number of carbonyl (C=O) groups is 2. The topological polar surface area (TPSA) is 101 Å². The number of thiophene rings is 1. The smallest absolute Gasteiger partial charge is 0.421 e. The lowest BCUT2D eigenvalue weighted by Crippen LogP contribution is -2.40. The van der Waals surface area contributed by atoms with Gasteiger partial charge in [0.05, 0.1) is 18.2 Å². The quantitative estimate of drug-likeness (QED) is 0.473. The van der Waals surface area contributed by atoms with Crippen molar-refractivity contribution in [3.63, 3.8) is 0 Å². The van der Waals surface area contributed by atoms with Gasteiger partial charge in [-0.3, -0.25) is 0 Å². The lowest BCUT2D eigenvalue weighted by molar-refractivity contribution is 0.0526. The molecule has 4 rings (SSSR count). The molecule has 1 heterocycles. The number of hydrogen-bond donors (Lipinski definition) is 1. The lowest BCUT2D eigenvalue weighted by Gasteiger charge is -2.22. The van der Waals surface area contributed by atoms with E-state index >= 15 is 0 Å². The van der Waals surface area contributed by atoms with Crippen molar-refractivity contribution in [1.82, 2.24) is 4.31 Å². The molecule has 1 aromatic heterocycles. The first-order valence-electron chi connectivity index (χ1n) is 10.4. The van der Waals surface area contributed by atoms with Gasteiger partial charge >= 0.3 is 12.1 Å². The first-order valence-corrected chi connectivity index (χ1v) is 12.6. The minimum absolute atomic E-state index is 0.0660. The highest BCUT2D eigenvalue weighted by Crippen LogP contribution is 2.53. The van der Waals surface area contributed by atoms with Gasteiger partial charge in [-0.1, -0.05) is 49.4 Å². The van der Waals surface area contributed by atoms with E-state index in [2.05, 4.69) is 0 Å². The largest absolute Gasteiger partial charge is 0.464 e. The van der Waals surface area contributed by atoms with E-state index in [1.165, 1.54) is 6.07 Å². The molecular weight excluding hydrogens is 462 g/mol. The summed E-state index contributed by atoms with van der Waals surface area (Å²) in [5.41, 5.74) is 1.34. The molecule has 2 aromatic carbocycles. The maximum atomic E-state index is 13.4. The second-order valence-electron chi connectivity index (χ2n) is 8.01. The monoisotopic (exact) mass is 485 g/mol. The molecule has 1 N–H and O–H groups in total. The Labute approximate surface area is 196 Å². The highest BCUT2D eigenvalue weighted by molar-refractivity contribution is 7.91. The number of amides is 1. The summed E-state index contributed by atoms with van der Waals surface area (Å²) < 4.78 is 32.3. The summed E-state index contributed by atoms with van der Waals surface area (Å²) in [6, 6.07) is 18.4. The minimum Gasteiger partial charge on any atom is -0.464 e. The van der Waals surface area contributed by atoms with Crippen molar-refractivity contribution in [1.29, 1.82) is 0 Å². The summed E-state index contributed by atoms with van der Waals surface area (Å²) in [5, 5.41) is 9.83. The Morgan fingerprint density at radius 3 is 2.52 bits per heavy atom. The molecule has 0 saturated heterocycles. The normalized spacial score (nSPS) is 19.6. The molecule has 1 fully saturated rings. The first kappa shape index (κ1) is 23.0. The SMILES string of the molecule is CCOC(=O)c1cccc(-c2ccc(S(=O)(=O)N(C(=O)O)[C@H]3C[C@]3(C)c3ccccc3)s2)c1. The van der Waals surface area contributed by atoms with Crippen LogP contribution < -0.4 is 0 Å².